The zero-order valence-electron chi connectivity index (χ0n) is 10.9. The number of aryl methyl sites for hydroxylation is 1. The van der Waals surface area contributed by atoms with Crippen LogP contribution in [0.25, 0.3) is 5.65 Å². The highest BCUT2D eigenvalue weighted by molar-refractivity contribution is 5.95. The van der Waals surface area contributed by atoms with Gasteiger partial charge in [0.05, 0.1) is 12.3 Å². The fourth-order valence-corrected chi connectivity index (χ4v) is 2.22. The van der Waals surface area contributed by atoms with Crippen molar-refractivity contribution >= 4 is 11.6 Å². The number of aromatic nitrogens is 3. The number of ether oxygens (including phenoxy) is 1. The Morgan fingerprint density at radius 1 is 1.53 bits per heavy atom. The van der Waals surface area contributed by atoms with E-state index in [0.717, 1.165) is 18.5 Å². The molecule has 2 aromatic heterocycles. The lowest BCUT2D eigenvalue weighted by molar-refractivity contribution is 0.0528. The van der Waals surface area contributed by atoms with Gasteiger partial charge in [-0.05, 0) is 19.8 Å². The fourth-order valence-electron chi connectivity index (χ4n) is 2.22. The maximum atomic E-state index is 12.1. The van der Waals surface area contributed by atoms with Crippen molar-refractivity contribution in [2.45, 2.75) is 25.7 Å². The molecule has 0 radical (unpaired) electrons. The molecular formula is C13H15N3O3. The molecular weight excluding hydrogens is 246 g/mol. The van der Waals surface area contributed by atoms with Crippen molar-refractivity contribution in [2.24, 2.45) is 7.05 Å². The molecule has 1 fully saturated rings. The minimum atomic E-state index is -0.444. The quantitative estimate of drug-likeness (QED) is 0.776. The van der Waals surface area contributed by atoms with Crippen LogP contribution in [0.2, 0.25) is 0 Å². The van der Waals surface area contributed by atoms with Gasteiger partial charge >= 0.3 is 5.97 Å². The Morgan fingerprint density at radius 2 is 2.26 bits per heavy atom. The third-order valence-corrected chi connectivity index (χ3v) is 3.28. The van der Waals surface area contributed by atoms with E-state index in [0.29, 0.717) is 23.7 Å². The van der Waals surface area contributed by atoms with E-state index in [1.54, 1.807) is 30.9 Å². The summed E-state index contributed by atoms with van der Waals surface area (Å²) < 4.78 is 7.95. The molecule has 100 valence electrons. The molecule has 1 aliphatic carbocycles. The van der Waals surface area contributed by atoms with Crippen LogP contribution in [0.1, 0.15) is 41.7 Å². The molecule has 0 spiro atoms. The molecule has 0 atom stereocenters. The summed E-state index contributed by atoms with van der Waals surface area (Å²) in [4.78, 5) is 28.4. The van der Waals surface area contributed by atoms with Crippen LogP contribution in [0, 0.1) is 0 Å². The lowest BCUT2D eigenvalue weighted by atomic mass is 10.2. The van der Waals surface area contributed by atoms with Crippen molar-refractivity contribution in [3.8, 4) is 0 Å². The number of hydrogen-bond acceptors (Lipinski definition) is 4. The molecule has 1 saturated carbocycles. The van der Waals surface area contributed by atoms with Crippen molar-refractivity contribution in [1.29, 1.82) is 0 Å². The van der Waals surface area contributed by atoms with Gasteiger partial charge in [0.15, 0.2) is 5.65 Å². The minimum absolute atomic E-state index is 0.162. The van der Waals surface area contributed by atoms with Gasteiger partial charge in [-0.15, -0.1) is 0 Å². The van der Waals surface area contributed by atoms with Gasteiger partial charge in [0.1, 0.15) is 5.56 Å². The highest BCUT2D eigenvalue weighted by atomic mass is 16.5. The second-order valence-corrected chi connectivity index (χ2v) is 4.77. The number of esters is 1. The van der Waals surface area contributed by atoms with Gasteiger partial charge in [0.2, 0.25) is 0 Å². The zero-order valence-corrected chi connectivity index (χ0v) is 10.9. The molecule has 3 rings (SSSR count). The van der Waals surface area contributed by atoms with Crippen molar-refractivity contribution in [3.05, 3.63) is 33.9 Å². The van der Waals surface area contributed by atoms with Gasteiger partial charge in [-0.2, -0.15) is 4.52 Å². The SMILES string of the molecule is CCOC(=O)c1cn(C)n2c(=O)cc(C3CC3)nc12. The van der Waals surface area contributed by atoms with Crippen LogP contribution in [0.5, 0.6) is 0 Å². The Bertz CT molecular complexity index is 710. The first-order valence-electron chi connectivity index (χ1n) is 6.38. The first-order valence-corrected chi connectivity index (χ1v) is 6.38. The largest absolute Gasteiger partial charge is 0.462 e. The Hall–Kier alpha value is -2.11. The minimum Gasteiger partial charge on any atom is -0.462 e. The predicted molar refractivity (Wildman–Crippen MR) is 68.4 cm³/mol. The molecule has 0 unspecified atom stereocenters. The first-order chi connectivity index (χ1) is 9.11. The van der Waals surface area contributed by atoms with Crippen LogP contribution in [-0.2, 0) is 11.8 Å². The average Bonchev–Trinajstić information content (AvgIpc) is 3.14. The molecule has 0 aliphatic heterocycles. The zero-order chi connectivity index (χ0) is 13.6. The van der Waals surface area contributed by atoms with Crippen LogP contribution in [0.4, 0.5) is 0 Å². The number of hydrogen-bond donors (Lipinski definition) is 0. The molecule has 0 N–H and O–H groups in total. The Morgan fingerprint density at radius 3 is 2.89 bits per heavy atom. The number of carbonyl (C=O) groups excluding carboxylic acids is 1. The molecule has 1 aliphatic rings. The van der Waals surface area contributed by atoms with Gasteiger partial charge in [-0.25, -0.2) is 9.78 Å². The summed E-state index contributed by atoms with van der Waals surface area (Å²) in [5.74, 6) is -0.0756. The van der Waals surface area contributed by atoms with E-state index in [1.807, 2.05) is 0 Å². The van der Waals surface area contributed by atoms with E-state index in [1.165, 1.54) is 4.52 Å². The smallest absolute Gasteiger partial charge is 0.343 e. The fraction of sp³-hybridized carbons (Fsp3) is 0.462. The third-order valence-electron chi connectivity index (χ3n) is 3.28. The second kappa shape index (κ2) is 4.22. The van der Waals surface area contributed by atoms with Gasteiger partial charge in [-0.3, -0.25) is 9.48 Å². The van der Waals surface area contributed by atoms with Gasteiger partial charge in [0.25, 0.3) is 5.56 Å². The first kappa shape index (κ1) is 12.0. The molecule has 0 aromatic carbocycles. The molecule has 0 amide bonds. The van der Waals surface area contributed by atoms with Crippen molar-refractivity contribution in [1.82, 2.24) is 14.2 Å². The molecule has 19 heavy (non-hydrogen) atoms. The number of fused-ring (bicyclic) bond motifs is 1. The summed E-state index contributed by atoms with van der Waals surface area (Å²) in [7, 11) is 1.70. The summed E-state index contributed by atoms with van der Waals surface area (Å²) in [6.07, 6.45) is 3.70. The summed E-state index contributed by atoms with van der Waals surface area (Å²) in [6, 6.07) is 1.56. The Kier molecular flexibility index (Phi) is 2.66. The van der Waals surface area contributed by atoms with E-state index in [-0.39, 0.29) is 5.56 Å². The van der Waals surface area contributed by atoms with Crippen LogP contribution >= 0.6 is 0 Å². The molecule has 2 aromatic rings. The van der Waals surface area contributed by atoms with Crippen LogP contribution in [0.3, 0.4) is 0 Å². The van der Waals surface area contributed by atoms with Crippen molar-refractivity contribution < 1.29 is 9.53 Å². The predicted octanol–water partition coefficient (Wildman–Crippen LogP) is 1.09. The standard InChI is InChI=1S/C13H15N3O3/c1-3-19-13(18)9-7-15(2)16-11(17)6-10(8-4-5-8)14-12(9)16/h6-8H,3-5H2,1-2H3. The maximum Gasteiger partial charge on any atom is 0.343 e. The topological polar surface area (TPSA) is 65.6 Å². The van der Waals surface area contributed by atoms with Gasteiger partial charge in [0, 0.05) is 25.2 Å². The molecule has 0 saturated heterocycles. The van der Waals surface area contributed by atoms with E-state index < -0.39 is 5.97 Å². The number of carbonyl (C=O) groups is 1. The molecule has 6 heteroatoms. The van der Waals surface area contributed by atoms with Gasteiger partial charge < -0.3 is 4.74 Å². The Balaban J connectivity index is 2.22. The van der Waals surface area contributed by atoms with E-state index >= 15 is 0 Å². The molecule has 2 heterocycles. The lowest BCUT2D eigenvalue weighted by Gasteiger charge is -2.02. The van der Waals surface area contributed by atoms with Gasteiger partial charge in [-0.1, -0.05) is 0 Å². The number of rotatable bonds is 3. The number of nitrogens with zero attached hydrogens (tertiary/aromatic N) is 3. The molecule has 0 bridgehead atoms. The third kappa shape index (κ3) is 1.93. The monoisotopic (exact) mass is 261 g/mol. The second-order valence-electron chi connectivity index (χ2n) is 4.77. The summed E-state index contributed by atoms with van der Waals surface area (Å²) >= 11 is 0. The molecule has 6 nitrogen and oxygen atoms in total. The van der Waals surface area contributed by atoms with E-state index in [9.17, 15) is 9.59 Å². The van der Waals surface area contributed by atoms with Crippen LogP contribution in [0.15, 0.2) is 17.1 Å². The summed E-state index contributed by atoms with van der Waals surface area (Å²) in [5.41, 5.74) is 1.34. The normalized spacial score (nSPS) is 14.8. The summed E-state index contributed by atoms with van der Waals surface area (Å²) in [5, 5.41) is 0. The highest BCUT2D eigenvalue weighted by Gasteiger charge is 2.27. The Labute approximate surface area is 109 Å². The van der Waals surface area contributed by atoms with E-state index in [4.69, 9.17) is 4.74 Å². The van der Waals surface area contributed by atoms with E-state index in [2.05, 4.69) is 4.98 Å². The maximum absolute atomic E-state index is 12.1. The summed E-state index contributed by atoms with van der Waals surface area (Å²) in [6.45, 7) is 2.05. The van der Waals surface area contributed by atoms with Crippen molar-refractivity contribution in [2.75, 3.05) is 6.61 Å². The van der Waals surface area contributed by atoms with Crippen LogP contribution < -0.4 is 5.56 Å². The lowest BCUT2D eigenvalue weighted by Crippen LogP contribution is -2.20. The highest BCUT2D eigenvalue weighted by Crippen LogP contribution is 2.38. The van der Waals surface area contributed by atoms with Crippen molar-refractivity contribution in [3.63, 3.8) is 0 Å². The van der Waals surface area contributed by atoms with Crippen LogP contribution in [-0.4, -0.2) is 26.8 Å². The average molecular weight is 261 g/mol.